The fourth-order valence-electron chi connectivity index (χ4n) is 6.97. The standard InChI is InChI=1S/C40H43N3O3S/c1-27(2)34-25-22-29(4)36-38(34)41-43(39(36)32-18-12-7-13-19-32)40(44)35(26-30-14-8-5-9-15-30)37(31-16-10-6-11-17-31)42-47(45,46)33-23-20-28(3)21-24-33/h5-21,23-24,27,29,34-35,37,42H,22,25-26H2,1-4H3/t29-,34-,35-,37+/m0/s1. The molecule has 1 aliphatic rings. The molecule has 6 nitrogen and oxygen atoms in total. The minimum Gasteiger partial charge on any atom is -0.272 e. The van der Waals surface area contributed by atoms with Crippen molar-refractivity contribution in [2.45, 2.75) is 69.7 Å². The maximum absolute atomic E-state index is 15.3. The number of carbonyl (C=O) groups is 1. The Kier molecular flexibility index (Phi) is 9.57. The van der Waals surface area contributed by atoms with E-state index in [0.29, 0.717) is 17.9 Å². The molecule has 0 saturated carbocycles. The van der Waals surface area contributed by atoms with E-state index in [1.54, 1.807) is 28.9 Å². The maximum Gasteiger partial charge on any atom is 0.252 e. The molecule has 0 saturated heterocycles. The lowest BCUT2D eigenvalue weighted by atomic mass is 9.75. The van der Waals surface area contributed by atoms with Crippen LogP contribution in [0.15, 0.2) is 120 Å². The molecular formula is C40H43N3O3S. The topological polar surface area (TPSA) is 81.1 Å². The summed E-state index contributed by atoms with van der Waals surface area (Å²) in [4.78, 5) is 15.4. The molecule has 1 N–H and O–H groups in total. The van der Waals surface area contributed by atoms with Crippen LogP contribution in [0.5, 0.6) is 0 Å². The summed E-state index contributed by atoms with van der Waals surface area (Å²) in [6, 6.07) is 35.2. The van der Waals surface area contributed by atoms with E-state index >= 15 is 4.79 Å². The first kappa shape index (κ1) is 32.6. The Morgan fingerprint density at radius 2 is 1.45 bits per heavy atom. The van der Waals surface area contributed by atoms with Gasteiger partial charge >= 0.3 is 0 Å². The minimum absolute atomic E-state index is 0.156. The summed E-state index contributed by atoms with van der Waals surface area (Å²) in [7, 11) is -4.00. The lowest BCUT2D eigenvalue weighted by Crippen LogP contribution is -2.40. The zero-order chi connectivity index (χ0) is 33.1. The fraction of sp³-hybridized carbons (Fsp3) is 0.300. The maximum atomic E-state index is 15.3. The molecule has 4 atom stereocenters. The van der Waals surface area contributed by atoms with Gasteiger partial charge in [-0.15, -0.1) is 0 Å². The number of benzene rings is 4. The highest BCUT2D eigenvalue weighted by atomic mass is 32.2. The third-order valence-electron chi connectivity index (χ3n) is 9.56. The molecule has 1 heterocycles. The zero-order valence-electron chi connectivity index (χ0n) is 27.5. The first-order valence-corrected chi connectivity index (χ1v) is 18.0. The van der Waals surface area contributed by atoms with Crippen LogP contribution in [-0.2, 0) is 16.4 Å². The highest BCUT2D eigenvalue weighted by Crippen LogP contribution is 2.46. The van der Waals surface area contributed by atoms with Gasteiger partial charge in [0.1, 0.15) is 0 Å². The van der Waals surface area contributed by atoms with Crippen molar-refractivity contribution in [2.75, 3.05) is 0 Å². The summed E-state index contributed by atoms with van der Waals surface area (Å²) < 4.78 is 32.6. The molecule has 1 aromatic heterocycles. The van der Waals surface area contributed by atoms with Crippen LogP contribution in [0.3, 0.4) is 0 Å². The Bertz CT molecular complexity index is 1920. The molecule has 0 fully saturated rings. The Balaban J connectivity index is 1.55. The quantitative estimate of drug-likeness (QED) is 0.165. The number of hydrogen-bond acceptors (Lipinski definition) is 4. The fourth-order valence-corrected chi connectivity index (χ4v) is 8.23. The van der Waals surface area contributed by atoms with Crippen molar-refractivity contribution >= 4 is 15.9 Å². The lowest BCUT2D eigenvalue weighted by molar-refractivity contribution is 0.0791. The van der Waals surface area contributed by atoms with Crippen LogP contribution < -0.4 is 4.72 Å². The van der Waals surface area contributed by atoms with Crippen molar-refractivity contribution in [3.63, 3.8) is 0 Å². The van der Waals surface area contributed by atoms with Gasteiger partial charge in [-0.25, -0.2) is 13.1 Å². The van der Waals surface area contributed by atoms with Crippen molar-refractivity contribution in [1.29, 1.82) is 0 Å². The van der Waals surface area contributed by atoms with Gasteiger partial charge in [0.2, 0.25) is 10.0 Å². The van der Waals surface area contributed by atoms with Gasteiger partial charge in [0, 0.05) is 17.0 Å². The molecule has 0 aliphatic heterocycles. The zero-order valence-corrected chi connectivity index (χ0v) is 28.3. The average molecular weight is 646 g/mol. The number of aromatic nitrogens is 2. The number of rotatable bonds is 10. The number of fused-ring (bicyclic) bond motifs is 1. The first-order valence-electron chi connectivity index (χ1n) is 16.5. The second-order valence-corrected chi connectivity index (χ2v) is 14.9. The monoisotopic (exact) mass is 645 g/mol. The Labute approximate surface area is 278 Å². The predicted octanol–water partition coefficient (Wildman–Crippen LogP) is 8.71. The van der Waals surface area contributed by atoms with E-state index in [-0.39, 0.29) is 22.6 Å². The van der Waals surface area contributed by atoms with Crippen molar-refractivity contribution in [1.82, 2.24) is 14.5 Å². The molecular weight excluding hydrogens is 603 g/mol. The molecule has 5 aromatic rings. The number of carbonyl (C=O) groups excluding carboxylic acids is 1. The van der Waals surface area contributed by atoms with Gasteiger partial charge < -0.3 is 0 Å². The summed E-state index contributed by atoms with van der Waals surface area (Å²) in [5.41, 5.74) is 6.48. The summed E-state index contributed by atoms with van der Waals surface area (Å²) >= 11 is 0. The van der Waals surface area contributed by atoms with Crippen LogP contribution in [0, 0.1) is 18.8 Å². The van der Waals surface area contributed by atoms with Gasteiger partial charge in [-0.3, -0.25) is 4.79 Å². The van der Waals surface area contributed by atoms with Gasteiger partial charge in [-0.2, -0.15) is 9.78 Å². The molecule has 0 bridgehead atoms. The predicted molar refractivity (Wildman–Crippen MR) is 188 cm³/mol. The van der Waals surface area contributed by atoms with Crippen LogP contribution in [0.25, 0.3) is 11.3 Å². The Morgan fingerprint density at radius 1 is 0.851 bits per heavy atom. The normalized spacial score (nSPS) is 17.6. The number of nitrogens with zero attached hydrogens (tertiary/aromatic N) is 2. The SMILES string of the molecule is Cc1ccc(S(=O)(=O)N[C@H](c2ccccc2)[C@H](Cc2ccccc2)C(=O)n2nc3c(c2-c2ccccc2)[C@@H](C)CC[C@H]3C(C)C)cc1. The van der Waals surface area contributed by atoms with Crippen molar-refractivity contribution < 1.29 is 13.2 Å². The van der Waals surface area contributed by atoms with E-state index in [1.807, 2.05) is 97.9 Å². The third kappa shape index (κ3) is 6.87. The van der Waals surface area contributed by atoms with Crippen molar-refractivity contribution in [3.05, 3.63) is 143 Å². The number of hydrogen-bond donors (Lipinski definition) is 1. The third-order valence-corrected chi connectivity index (χ3v) is 11.0. The van der Waals surface area contributed by atoms with Gasteiger partial charge in [0.25, 0.3) is 5.91 Å². The second-order valence-electron chi connectivity index (χ2n) is 13.2. The van der Waals surface area contributed by atoms with E-state index < -0.39 is 22.0 Å². The molecule has 6 rings (SSSR count). The molecule has 1 aliphatic carbocycles. The van der Waals surface area contributed by atoms with E-state index in [0.717, 1.165) is 46.5 Å². The number of aryl methyl sites for hydroxylation is 1. The van der Waals surface area contributed by atoms with E-state index in [4.69, 9.17) is 5.10 Å². The molecule has 4 aromatic carbocycles. The van der Waals surface area contributed by atoms with E-state index in [9.17, 15) is 8.42 Å². The summed E-state index contributed by atoms with van der Waals surface area (Å²) in [5.74, 6) is -0.222. The number of nitrogens with one attached hydrogen (secondary N) is 1. The Hall–Kier alpha value is -4.33. The van der Waals surface area contributed by atoms with E-state index in [1.165, 1.54) is 0 Å². The van der Waals surface area contributed by atoms with Crippen LogP contribution in [-0.4, -0.2) is 24.1 Å². The van der Waals surface area contributed by atoms with Gasteiger partial charge in [-0.05, 0) is 61.3 Å². The van der Waals surface area contributed by atoms with Gasteiger partial charge in [0.15, 0.2) is 0 Å². The molecule has 242 valence electrons. The van der Waals surface area contributed by atoms with Crippen LogP contribution in [0.4, 0.5) is 0 Å². The first-order chi connectivity index (χ1) is 22.6. The lowest BCUT2D eigenvalue weighted by Gasteiger charge is -2.29. The van der Waals surface area contributed by atoms with Crippen LogP contribution >= 0.6 is 0 Å². The minimum atomic E-state index is -4.00. The van der Waals surface area contributed by atoms with E-state index in [2.05, 4.69) is 25.5 Å². The number of sulfonamides is 1. The average Bonchev–Trinajstić information content (AvgIpc) is 3.49. The van der Waals surface area contributed by atoms with Crippen LogP contribution in [0.2, 0.25) is 0 Å². The molecule has 7 heteroatoms. The van der Waals surface area contributed by atoms with Crippen LogP contribution in [0.1, 0.15) is 84.2 Å². The smallest absolute Gasteiger partial charge is 0.252 e. The van der Waals surface area contributed by atoms with Gasteiger partial charge in [-0.1, -0.05) is 129 Å². The summed E-state index contributed by atoms with van der Waals surface area (Å²) in [5, 5.41) is 5.17. The Morgan fingerprint density at radius 3 is 2.06 bits per heavy atom. The largest absolute Gasteiger partial charge is 0.272 e. The summed E-state index contributed by atoms with van der Waals surface area (Å²) in [6.45, 7) is 8.58. The summed E-state index contributed by atoms with van der Waals surface area (Å²) in [6.07, 6.45) is 2.35. The molecule has 0 spiro atoms. The molecule has 0 unspecified atom stereocenters. The second kappa shape index (κ2) is 13.8. The molecule has 0 amide bonds. The van der Waals surface area contributed by atoms with Crippen molar-refractivity contribution in [3.8, 4) is 11.3 Å². The van der Waals surface area contributed by atoms with Gasteiger partial charge in [0.05, 0.1) is 28.2 Å². The van der Waals surface area contributed by atoms with Crippen molar-refractivity contribution in [2.24, 2.45) is 11.8 Å². The molecule has 0 radical (unpaired) electrons. The highest BCUT2D eigenvalue weighted by Gasteiger charge is 2.40. The highest BCUT2D eigenvalue weighted by molar-refractivity contribution is 7.89. The molecule has 47 heavy (non-hydrogen) atoms.